The van der Waals surface area contributed by atoms with E-state index in [-0.39, 0.29) is 12.6 Å². The van der Waals surface area contributed by atoms with Crippen molar-refractivity contribution >= 4 is 17.6 Å². The van der Waals surface area contributed by atoms with Crippen molar-refractivity contribution in [3.05, 3.63) is 29.8 Å². The highest BCUT2D eigenvalue weighted by molar-refractivity contribution is 5.92. The van der Waals surface area contributed by atoms with Gasteiger partial charge in [0.25, 0.3) is 5.91 Å². The molecule has 0 atom stereocenters. The fraction of sp³-hybridized carbons (Fsp3) is 0.357. The summed E-state index contributed by atoms with van der Waals surface area (Å²) in [6, 6.07) is 8.43. The molecule has 1 N–H and O–H groups in total. The first kappa shape index (κ1) is 14.7. The summed E-state index contributed by atoms with van der Waals surface area (Å²) in [6.07, 6.45) is 2.00. The molecule has 0 heterocycles. The summed E-state index contributed by atoms with van der Waals surface area (Å²) < 4.78 is 4.82. The van der Waals surface area contributed by atoms with Crippen LogP contribution in [0.15, 0.2) is 24.3 Å². The molecule has 1 aromatic carbocycles. The lowest BCUT2D eigenvalue weighted by Crippen LogP contribution is -2.20. The minimum Gasteiger partial charge on any atom is -0.456 e. The number of hydrogen-bond acceptors (Lipinski definition) is 4. The lowest BCUT2D eigenvalue weighted by molar-refractivity contribution is -0.147. The highest BCUT2D eigenvalue weighted by Gasteiger charge is 2.07. The number of amides is 1. The Balaban J connectivity index is 2.34. The number of ether oxygens (including phenoxy) is 1. The van der Waals surface area contributed by atoms with Crippen LogP contribution < -0.4 is 5.32 Å². The average molecular weight is 260 g/mol. The first-order valence-electron chi connectivity index (χ1n) is 6.11. The van der Waals surface area contributed by atoms with Gasteiger partial charge in [0.2, 0.25) is 0 Å². The molecular weight excluding hydrogens is 244 g/mol. The van der Waals surface area contributed by atoms with E-state index in [0.717, 1.165) is 12.8 Å². The van der Waals surface area contributed by atoms with Gasteiger partial charge >= 0.3 is 5.97 Å². The minimum absolute atomic E-state index is 0.289. The van der Waals surface area contributed by atoms with Crippen molar-refractivity contribution in [3.63, 3.8) is 0 Å². The lowest BCUT2D eigenvalue weighted by atomic mass is 10.2. The predicted octanol–water partition coefficient (Wildman–Crippen LogP) is 2.23. The molecule has 0 aliphatic carbocycles. The van der Waals surface area contributed by atoms with Gasteiger partial charge in [-0.1, -0.05) is 13.3 Å². The predicted molar refractivity (Wildman–Crippen MR) is 70.3 cm³/mol. The summed E-state index contributed by atoms with van der Waals surface area (Å²) in [5, 5.41) is 11.2. The number of esters is 1. The van der Waals surface area contributed by atoms with E-state index in [1.165, 1.54) is 0 Å². The molecule has 1 amide bonds. The number of unbranched alkanes of at least 4 members (excludes halogenated alkanes) is 1. The van der Waals surface area contributed by atoms with Crippen LogP contribution in [0.3, 0.4) is 0 Å². The zero-order valence-electron chi connectivity index (χ0n) is 10.8. The van der Waals surface area contributed by atoms with Gasteiger partial charge in [-0.15, -0.1) is 0 Å². The van der Waals surface area contributed by atoms with Gasteiger partial charge in [-0.05, 0) is 30.7 Å². The Bertz CT molecular complexity index is 474. The number of carbonyl (C=O) groups excluding carboxylic acids is 2. The third kappa shape index (κ3) is 5.68. The maximum absolute atomic E-state index is 11.5. The summed E-state index contributed by atoms with van der Waals surface area (Å²) in [6.45, 7) is 1.69. The Morgan fingerprint density at radius 3 is 2.58 bits per heavy atom. The third-order valence-corrected chi connectivity index (χ3v) is 2.40. The number of hydrogen-bond donors (Lipinski definition) is 1. The van der Waals surface area contributed by atoms with E-state index in [4.69, 9.17) is 10.00 Å². The highest BCUT2D eigenvalue weighted by Crippen LogP contribution is 2.08. The Kier molecular flexibility index (Phi) is 6.10. The van der Waals surface area contributed by atoms with Crippen LogP contribution in [-0.2, 0) is 14.3 Å². The number of nitrogens with zero attached hydrogens (tertiary/aromatic N) is 1. The SMILES string of the molecule is CCCCC(=O)OCC(=O)Nc1ccc(C#N)cc1. The van der Waals surface area contributed by atoms with Crippen molar-refractivity contribution in [1.82, 2.24) is 0 Å². The van der Waals surface area contributed by atoms with Crippen molar-refractivity contribution in [3.8, 4) is 6.07 Å². The number of rotatable bonds is 6. The van der Waals surface area contributed by atoms with Gasteiger partial charge in [0, 0.05) is 12.1 Å². The third-order valence-electron chi connectivity index (χ3n) is 2.40. The molecule has 100 valence electrons. The maximum Gasteiger partial charge on any atom is 0.306 e. The second-order valence-electron chi connectivity index (χ2n) is 4.00. The molecular formula is C14H16N2O3. The minimum atomic E-state index is -0.394. The van der Waals surface area contributed by atoms with Crippen LogP contribution in [0.1, 0.15) is 31.7 Å². The molecule has 0 radical (unpaired) electrons. The normalized spacial score (nSPS) is 9.47. The summed E-state index contributed by atoms with van der Waals surface area (Å²) in [7, 11) is 0. The van der Waals surface area contributed by atoms with E-state index < -0.39 is 5.91 Å². The second-order valence-corrected chi connectivity index (χ2v) is 4.00. The molecule has 0 aromatic heterocycles. The molecule has 0 aliphatic rings. The highest BCUT2D eigenvalue weighted by atomic mass is 16.5. The van der Waals surface area contributed by atoms with Crippen LogP contribution in [0.5, 0.6) is 0 Å². The van der Waals surface area contributed by atoms with Gasteiger partial charge in [-0.25, -0.2) is 0 Å². The monoisotopic (exact) mass is 260 g/mol. The Morgan fingerprint density at radius 2 is 2.00 bits per heavy atom. The van der Waals surface area contributed by atoms with Crippen molar-refractivity contribution in [2.45, 2.75) is 26.2 Å². The molecule has 0 unspecified atom stereocenters. The molecule has 0 aliphatic heterocycles. The van der Waals surface area contributed by atoms with Crippen LogP contribution in [0.4, 0.5) is 5.69 Å². The van der Waals surface area contributed by atoms with Crippen molar-refractivity contribution in [2.75, 3.05) is 11.9 Å². The van der Waals surface area contributed by atoms with Gasteiger partial charge in [0.15, 0.2) is 6.61 Å². The Hall–Kier alpha value is -2.35. The van der Waals surface area contributed by atoms with E-state index in [0.29, 0.717) is 17.7 Å². The smallest absolute Gasteiger partial charge is 0.306 e. The van der Waals surface area contributed by atoms with Crippen molar-refractivity contribution in [1.29, 1.82) is 5.26 Å². The van der Waals surface area contributed by atoms with Gasteiger partial charge in [0.05, 0.1) is 11.6 Å². The fourth-order valence-electron chi connectivity index (χ4n) is 1.36. The summed E-state index contributed by atoms with van der Waals surface area (Å²) in [5.74, 6) is -0.758. The molecule has 0 spiro atoms. The maximum atomic E-state index is 11.5. The van der Waals surface area contributed by atoms with Gasteiger partial charge in [-0.2, -0.15) is 5.26 Å². The lowest BCUT2D eigenvalue weighted by Gasteiger charge is -2.06. The number of benzene rings is 1. The van der Waals surface area contributed by atoms with E-state index in [1.807, 2.05) is 13.0 Å². The number of nitriles is 1. The first-order chi connectivity index (χ1) is 9.15. The van der Waals surface area contributed by atoms with Crippen LogP contribution in [-0.4, -0.2) is 18.5 Å². The number of nitrogens with one attached hydrogen (secondary N) is 1. The van der Waals surface area contributed by atoms with Gasteiger partial charge < -0.3 is 10.1 Å². The topological polar surface area (TPSA) is 79.2 Å². The van der Waals surface area contributed by atoms with Gasteiger partial charge in [-0.3, -0.25) is 9.59 Å². The van der Waals surface area contributed by atoms with Crippen LogP contribution in [0, 0.1) is 11.3 Å². The fourth-order valence-corrected chi connectivity index (χ4v) is 1.36. The summed E-state index contributed by atoms with van der Waals surface area (Å²) in [4.78, 5) is 22.7. The molecule has 19 heavy (non-hydrogen) atoms. The molecule has 1 rings (SSSR count). The quantitative estimate of drug-likeness (QED) is 0.795. The van der Waals surface area contributed by atoms with E-state index in [2.05, 4.69) is 5.32 Å². The Morgan fingerprint density at radius 1 is 1.32 bits per heavy atom. The van der Waals surface area contributed by atoms with Gasteiger partial charge in [0.1, 0.15) is 0 Å². The largest absolute Gasteiger partial charge is 0.456 e. The molecule has 5 nitrogen and oxygen atoms in total. The van der Waals surface area contributed by atoms with Crippen molar-refractivity contribution in [2.24, 2.45) is 0 Å². The van der Waals surface area contributed by atoms with E-state index in [1.54, 1.807) is 24.3 Å². The molecule has 0 saturated heterocycles. The molecule has 0 bridgehead atoms. The van der Waals surface area contributed by atoms with E-state index in [9.17, 15) is 9.59 Å². The zero-order chi connectivity index (χ0) is 14.1. The molecule has 0 fully saturated rings. The van der Waals surface area contributed by atoms with E-state index >= 15 is 0 Å². The van der Waals surface area contributed by atoms with Crippen LogP contribution >= 0.6 is 0 Å². The van der Waals surface area contributed by atoms with Crippen molar-refractivity contribution < 1.29 is 14.3 Å². The second kappa shape index (κ2) is 7.88. The first-order valence-corrected chi connectivity index (χ1v) is 6.11. The van der Waals surface area contributed by atoms with Crippen LogP contribution in [0.25, 0.3) is 0 Å². The zero-order valence-corrected chi connectivity index (χ0v) is 10.8. The number of anilines is 1. The Labute approximate surface area is 112 Å². The van der Waals surface area contributed by atoms with Crippen LogP contribution in [0.2, 0.25) is 0 Å². The molecule has 5 heteroatoms. The standard InChI is InChI=1S/C14H16N2O3/c1-2-3-4-14(18)19-10-13(17)16-12-7-5-11(9-15)6-8-12/h5-8H,2-4,10H2,1H3,(H,16,17). The molecule has 1 aromatic rings. The number of carbonyl (C=O) groups is 2. The molecule has 0 saturated carbocycles. The average Bonchev–Trinajstić information content (AvgIpc) is 2.43. The summed E-state index contributed by atoms with van der Waals surface area (Å²) >= 11 is 0. The summed E-state index contributed by atoms with van der Waals surface area (Å²) in [5.41, 5.74) is 1.08.